The van der Waals surface area contributed by atoms with E-state index < -0.39 is 48.4 Å². The summed E-state index contributed by atoms with van der Waals surface area (Å²) >= 11 is 0. The second-order valence-electron chi connectivity index (χ2n) is 8.56. The van der Waals surface area contributed by atoms with E-state index in [1.54, 1.807) is 12.1 Å². The first kappa shape index (κ1) is 27.3. The Labute approximate surface area is 202 Å². The predicted octanol–water partition coefficient (Wildman–Crippen LogP) is 2.14. The van der Waals surface area contributed by atoms with E-state index >= 15 is 0 Å². The van der Waals surface area contributed by atoms with Crippen molar-refractivity contribution in [1.29, 1.82) is 0 Å². The summed E-state index contributed by atoms with van der Waals surface area (Å²) in [5.41, 5.74) is 0. The maximum atomic E-state index is 13.2. The number of aldehydes is 1. The SMILES string of the molecule is CC(C)C[C@@H](NC(=O)C(CCC(=O)O)Oc1cccc2ccccc12)C(=O)N[C@H](C=O)CC(=O)O. The number of aliphatic carboxylic acids is 2. The van der Waals surface area contributed by atoms with Crippen LogP contribution in [0.5, 0.6) is 5.75 Å². The maximum absolute atomic E-state index is 13.2. The van der Waals surface area contributed by atoms with Gasteiger partial charge in [-0.05, 0) is 23.8 Å². The summed E-state index contributed by atoms with van der Waals surface area (Å²) in [6.45, 7) is 3.66. The lowest BCUT2D eigenvalue weighted by atomic mass is 10.0. The number of carboxylic acid groups (broad SMARTS) is 2. The summed E-state index contributed by atoms with van der Waals surface area (Å²) < 4.78 is 5.94. The molecule has 2 aromatic carbocycles. The van der Waals surface area contributed by atoms with Crippen molar-refractivity contribution in [3.63, 3.8) is 0 Å². The van der Waals surface area contributed by atoms with Crippen LogP contribution in [-0.2, 0) is 24.0 Å². The van der Waals surface area contributed by atoms with E-state index in [0.717, 1.165) is 10.8 Å². The van der Waals surface area contributed by atoms with Crippen molar-refractivity contribution in [2.45, 2.75) is 57.7 Å². The van der Waals surface area contributed by atoms with Gasteiger partial charge in [0, 0.05) is 18.2 Å². The van der Waals surface area contributed by atoms with Gasteiger partial charge in [-0.3, -0.25) is 19.2 Å². The van der Waals surface area contributed by atoms with Crippen molar-refractivity contribution >= 4 is 40.8 Å². The molecular formula is C25H30N2O8. The Hall–Kier alpha value is -3.95. The molecule has 10 heteroatoms. The molecule has 188 valence electrons. The summed E-state index contributed by atoms with van der Waals surface area (Å²) in [5.74, 6) is -3.42. The van der Waals surface area contributed by atoms with Gasteiger partial charge in [-0.1, -0.05) is 50.2 Å². The minimum atomic E-state index is -1.26. The number of carboxylic acids is 2. The summed E-state index contributed by atoms with van der Waals surface area (Å²) in [5, 5.41) is 24.6. The minimum Gasteiger partial charge on any atom is -0.481 e. The molecule has 2 amide bonds. The fourth-order valence-corrected chi connectivity index (χ4v) is 3.52. The average Bonchev–Trinajstić information content (AvgIpc) is 2.80. The molecule has 0 aliphatic rings. The molecular weight excluding hydrogens is 456 g/mol. The van der Waals surface area contributed by atoms with Crippen LogP contribution in [0.1, 0.15) is 39.5 Å². The van der Waals surface area contributed by atoms with Gasteiger partial charge in [0.05, 0.1) is 12.5 Å². The largest absolute Gasteiger partial charge is 0.481 e. The molecule has 0 radical (unpaired) electrons. The number of hydrogen-bond acceptors (Lipinski definition) is 6. The highest BCUT2D eigenvalue weighted by Gasteiger charge is 2.29. The summed E-state index contributed by atoms with van der Waals surface area (Å²) in [6.07, 6.45) is -1.76. The molecule has 0 aliphatic carbocycles. The van der Waals surface area contributed by atoms with Gasteiger partial charge in [-0.25, -0.2) is 0 Å². The average molecular weight is 487 g/mol. The zero-order chi connectivity index (χ0) is 26.0. The van der Waals surface area contributed by atoms with Gasteiger partial charge >= 0.3 is 11.9 Å². The number of carbonyl (C=O) groups is 5. The Bertz CT molecular complexity index is 1060. The molecule has 0 bridgehead atoms. The second-order valence-corrected chi connectivity index (χ2v) is 8.56. The Morgan fingerprint density at radius 3 is 2.26 bits per heavy atom. The van der Waals surface area contributed by atoms with Gasteiger partial charge in [0.1, 0.15) is 18.1 Å². The molecule has 0 spiro atoms. The first-order valence-electron chi connectivity index (χ1n) is 11.2. The lowest BCUT2D eigenvalue weighted by Gasteiger charge is -2.25. The van der Waals surface area contributed by atoms with E-state index in [1.807, 2.05) is 44.2 Å². The van der Waals surface area contributed by atoms with Crippen LogP contribution in [0.4, 0.5) is 0 Å². The fraction of sp³-hybridized carbons (Fsp3) is 0.400. The molecule has 2 aromatic rings. The lowest BCUT2D eigenvalue weighted by molar-refractivity contribution is -0.140. The Morgan fingerprint density at radius 1 is 0.943 bits per heavy atom. The summed E-state index contributed by atoms with van der Waals surface area (Å²) in [7, 11) is 0. The maximum Gasteiger partial charge on any atom is 0.305 e. The van der Waals surface area contributed by atoms with Crippen LogP contribution in [-0.4, -0.2) is 58.4 Å². The van der Waals surface area contributed by atoms with E-state index in [0.29, 0.717) is 12.0 Å². The lowest BCUT2D eigenvalue weighted by Crippen LogP contribution is -2.53. The number of amides is 2. The predicted molar refractivity (Wildman–Crippen MR) is 127 cm³/mol. The van der Waals surface area contributed by atoms with Gasteiger partial charge < -0.3 is 30.4 Å². The highest BCUT2D eigenvalue weighted by Crippen LogP contribution is 2.27. The highest BCUT2D eigenvalue weighted by atomic mass is 16.5. The van der Waals surface area contributed by atoms with Gasteiger partial charge in [0.2, 0.25) is 5.91 Å². The number of nitrogens with one attached hydrogen (secondary N) is 2. The molecule has 0 heterocycles. The van der Waals surface area contributed by atoms with Crippen molar-refractivity contribution in [3.05, 3.63) is 42.5 Å². The van der Waals surface area contributed by atoms with Crippen molar-refractivity contribution < 1.29 is 38.9 Å². The van der Waals surface area contributed by atoms with Gasteiger partial charge in [-0.2, -0.15) is 0 Å². The second kappa shape index (κ2) is 13.1. The first-order chi connectivity index (χ1) is 16.6. The molecule has 0 aromatic heterocycles. The number of rotatable bonds is 14. The van der Waals surface area contributed by atoms with Crippen LogP contribution in [0.2, 0.25) is 0 Å². The molecule has 0 saturated heterocycles. The number of hydrogen-bond donors (Lipinski definition) is 4. The number of fused-ring (bicyclic) bond motifs is 1. The van der Waals surface area contributed by atoms with Gasteiger partial charge in [0.25, 0.3) is 5.91 Å². The van der Waals surface area contributed by atoms with Crippen molar-refractivity contribution in [2.24, 2.45) is 5.92 Å². The van der Waals surface area contributed by atoms with Crippen LogP contribution in [0, 0.1) is 5.92 Å². The number of carbonyl (C=O) groups excluding carboxylic acids is 3. The zero-order valence-corrected chi connectivity index (χ0v) is 19.6. The van der Waals surface area contributed by atoms with Crippen LogP contribution in [0.25, 0.3) is 10.8 Å². The van der Waals surface area contributed by atoms with E-state index in [1.165, 1.54) is 0 Å². The fourth-order valence-electron chi connectivity index (χ4n) is 3.52. The third-order valence-corrected chi connectivity index (χ3v) is 5.16. The monoisotopic (exact) mass is 486 g/mol. The molecule has 35 heavy (non-hydrogen) atoms. The normalized spacial score (nSPS) is 13.5. The van der Waals surface area contributed by atoms with Crippen LogP contribution in [0.3, 0.4) is 0 Å². The Morgan fingerprint density at radius 2 is 1.63 bits per heavy atom. The topological polar surface area (TPSA) is 159 Å². The summed E-state index contributed by atoms with van der Waals surface area (Å²) in [4.78, 5) is 59.2. The Balaban J connectivity index is 2.24. The van der Waals surface area contributed by atoms with E-state index in [4.69, 9.17) is 14.9 Å². The number of benzene rings is 2. The Kier molecular flexibility index (Phi) is 10.2. The zero-order valence-electron chi connectivity index (χ0n) is 19.6. The van der Waals surface area contributed by atoms with E-state index in [9.17, 15) is 24.0 Å². The molecule has 0 aliphatic heterocycles. The van der Waals surface area contributed by atoms with Crippen molar-refractivity contribution in [2.75, 3.05) is 0 Å². The molecule has 2 rings (SSSR count). The smallest absolute Gasteiger partial charge is 0.305 e. The van der Waals surface area contributed by atoms with Crippen LogP contribution < -0.4 is 15.4 Å². The molecule has 0 saturated carbocycles. The van der Waals surface area contributed by atoms with E-state index in [2.05, 4.69) is 10.6 Å². The van der Waals surface area contributed by atoms with Crippen LogP contribution in [0.15, 0.2) is 42.5 Å². The number of ether oxygens (including phenoxy) is 1. The molecule has 10 nitrogen and oxygen atoms in total. The highest BCUT2D eigenvalue weighted by molar-refractivity contribution is 5.92. The van der Waals surface area contributed by atoms with E-state index in [-0.39, 0.29) is 25.2 Å². The molecule has 3 atom stereocenters. The van der Waals surface area contributed by atoms with Crippen molar-refractivity contribution in [1.82, 2.24) is 10.6 Å². The summed E-state index contributed by atoms with van der Waals surface area (Å²) in [6, 6.07) is 10.3. The standard InChI is InChI=1S/C25H30N2O8/c1-15(2)12-19(24(33)26-17(14-28)13-23(31)32)27-25(34)21(10-11-22(29)30)35-20-9-5-7-16-6-3-4-8-18(16)20/h3-9,14-15,17,19,21H,10-13H2,1-2H3,(H,26,33)(H,27,34)(H,29,30)(H,31,32)/t17-,19+,21?/m0/s1. The van der Waals surface area contributed by atoms with Crippen LogP contribution >= 0.6 is 0 Å². The minimum absolute atomic E-state index is 0.0309. The molecule has 4 N–H and O–H groups in total. The first-order valence-corrected chi connectivity index (χ1v) is 11.2. The third kappa shape index (κ3) is 8.73. The third-order valence-electron chi connectivity index (χ3n) is 5.16. The molecule has 1 unspecified atom stereocenters. The van der Waals surface area contributed by atoms with Gasteiger partial charge in [-0.15, -0.1) is 0 Å². The molecule has 0 fully saturated rings. The van der Waals surface area contributed by atoms with Gasteiger partial charge in [0.15, 0.2) is 6.10 Å². The quantitative estimate of drug-likeness (QED) is 0.296. The van der Waals surface area contributed by atoms with Crippen molar-refractivity contribution in [3.8, 4) is 5.75 Å².